The molecule has 1 aromatic carbocycles. The number of hydrogen-bond acceptors (Lipinski definition) is 2. The quantitative estimate of drug-likeness (QED) is 0.623. The summed E-state index contributed by atoms with van der Waals surface area (Å²) in [7, 11) is 0. The number of rotatable bonds is 4. The second kappa shape index (κ2) is 5.82. The van der Waals surface area contributed by atoms with Gasteiger partial charge in [0.2, 0.25) is 0 Å². The Kier molecular flexibility index (Phi) is 4.41. The van der Waals surface area contributed by atoms with Gasteiger partial charge in [-0.3, -0.25) is 0 Å². The topological polar surface area (TPSA) is 46.5 Å². The van der Waals surface area contributed by atoms with E-state index in [1.54, 1.807) is 19.1 Å². The monoisotopic (exact) mass is 218 g/mol. The minimum atomic E-state index is -0.946. The molecule has 0 aliphatic heterocycles. The summed E-state index contributed by atoms with van der Waals surface area (Å²) in [6.45, 7) is 4.13. The van der Waals surface area contributed by atoms with Gasteiger partial charge in [0, 0.05) is 6.42 Å². The molecule has 0 spiro atoms. The Morgan fingerprint density at radius 1 is 1.50 bits per heavy atom. The predicted molar refractivity (Wildman–Crippen MR) is 61.7 cm³/mol. The van der Waals surface area contributed by atoms with Crippen molar-refractivity contribution in [3.05, 3.63) is 29.3 Å². The number of carboxylic acid groups (broad SMARTS) is 1. The fourth-order valence-electron chi connectivity index (χ4n) is 1.23. The molecule has 16 heavy (non-hydrogen) atoms. The molecule has 0 aliphatic carbocycles. The molecule has 0 bridgehead atoms. The van der Waals surface area contributed by atoms with Gasteiger partial charge in [0.1, 0.15) is 5.75 Å². The molecule has 84 valence electrons. The second-order valence-electron chi connectivity index (χ2n) is 3.31. The lowest BCUT2D eigenvalue weighted by molar-refractivity contribution is 0.0696. The third-order valence-electron chi connectivity index (χ3n) is 2.10. The van der Waals surface area contributed by atoms with Crippen LogP contribution >= 0.6 is 0 Å². The molecule has 3 heteroatoms. The van der Waals surface area contributed by atoms with Crippen molar-refractivity contribution in [3.8, 4) is 17.6 Å². The Morgan fingerprint density at radius 2 is 2.25 bits per heavy atom. The van der Waals surface area contributed by atoms with Crippen molar-refractivity contribution < 1.29 is 14.6 Å². The van der Waals surface area contributed by atoms with Crippen LogP contribution in [0.5, 0.6) is 5.75 Å². The van der Waals surface area contributed by atoms with Gasteiger partial charge in [-0.05, 0) is 31.5 Å². The van der Waals surface area contributed by atoms with Crippen molar-refractivity contribution in [1.29, 1.82) is 0 Å². The zero-order valence-electron chi connectivity index (χ0n) is 9.41. The number of aryl methyl sites for hydroxylation is 1. The van der Waals surface area contributed by atoms with E-state index in [-0.39, 0.29) is 5.56 Å². The smallest absolute Gasteiger partial charge is 0.335 e. The molecular formula is C13H14O3. The van der Waals surface area contributed by atoms with Crippen LogP contribution in [0.4, 0.5) is 0 Å². The normalized spacial score (nSPS) is 9.12. The molecule has 0 saturated heterocycles. The highest BCUT2D eigenvalue weighted by Crippen LogP contribution is 2.19. The molecule has 0 unspecified atom stereocenters. The number of carbonyl (C=O) groups is 1. The Bertz CT molecular complexity index is 438. The highest BCUT2D eigenvalue weighted by atomic mass is 16.5. The molecule has 0 saturated carbocycles. The van der Waals surface area contributed by atoms with Crippen molar-refractivity contribution in [2.45, 2.75) is 20.3 Å². The third-order valence-corrected chi connectivity index (χ3v) is 2.10. The maximum absolute atomic E-state index is 10.8. The van der Waals surface area contributed by atoms with E-state index in [0.717, 1.165) is 5.56 Å². The van der Waals surface area contributed by atoms with Gasteiger partial charge in [-0.15, -0.1) is 11.8 Å². The number of benzene rings is 1. The fraction of sp³-hybridized carbons (Fsp3) is 0.308. The predicted octanol–water partition coefficient (Wildman–Crippen LogP) is 2.49. The van der Waals surface area contributed by atoms with Gasteiger partial charge in [-0.25, -0.2) is 4.79 Å². The molecule has 1 rings (SSSR count). The molecular weight excluding hydrogens is 204 g/mol. The fourth-order valence-corrected chi connectivity index (χ4v) is 1.23. The molecule has 0 fully saturated rings. The van der Waals surface area contributed by atoms with Crippen molar-refractivity contribution in [1.82, 2.24) is 0 Å². The van der Waals surface area contributed by atoms with Crippen molar-refractivity contribution in [2.24, 2.45) is 0 Å². The van der Waals surface area contributed by atoms with Gasteiger partial charge in [0.15, 0.2) is 0 Å². The first-order valence-electron chi connectivity index (χ1n) is 5.01. The lowest BCUT2D eigenvalue weighted by atomic mass is 10.1. The van der Waals surface area contributed by atoms with E-state index in [9.17, 15) is 4.79 Å². The molecule has 1 aromatic rings. The zero-order valence-corrected chi connectivity index (χ0v) is 9.41. The van der Waals surface area contributed by atoms with Crippen LogP contribution in [-0.4, -0.2) is 17.7 Å². The Morgan fingerprint density at radius 3 is 2.88 bits per heavy atom. The third kappa shape index (κ3) is 3.32. The lowest BCUT2D eigenvalue weighted by Crippen LogP contribution is -2.01. The molecule has 0 aliphatic rings. The summed E-state index contributed by atoms with van der Waals surface area (Å²) in [6, 6.07) is 4.84. The Balaban J connectivity index is 2.73. The summed E-state index contributed by atoms with van der Waals surface area (Å²) >= 11 is 0. The summed E-state index contributed by atoms with van der Waals surface area (Å²) in [5.41, 5.74) is 1.16. The first-order chi connectivity index (χ1) is 7.65. The SMILES string of the molecule is CC#CCCOc1cc(C(=O)O)ccc1C. The number of hydrogen-bond donors (Lipinski definition) is 1. The molecule has 3 nitrogen and oxygen atoms in total. The van der Waals surface area contributed by atoms with Crippen LogP contribution in [0.1, 0.15) is 29.3 Å². The van der Waals surface area contributed by atoms with Crippen LogP contribution in [0, 0.1) is 18.8 Å². The van der Waals surface area contributed by atoms with Crippen molar-refractivity contribution in [2.75, 3.05) is 6.61 Å². The average molecular weight is 218 g/mol. The maximum atomic E-state index is 10.8. The second-order valence-corrected chi connectivity index (χ2v) is 3.31. The highest BCUT2D eigenvalue weighted by Gasteiger charge is 2.06. The highest BCUT2D eigenvalue weighted by molar-refractivity contribution is 5.88. The zero-order chi connectivity index (χ0) is 12.0. The van der Waals surface area contributed by atoms with E-state index in [1.807, 2.05) is 6.92 Å². The van der Waals surface area contributed by atoms with Crippen LogP contribution in [-0.2, 0) is 0 Å². The first kappa shape index (κ1) is 12.1. The van der Waals surface area contributed by atoms with Crippen LogP contribution in [0.25, 0.3) is 0 Å². The van der Waals surface area contributed by atoms with Crippen molar-refractivity contribution >= 4 is 5.97 Å². The summed E-state index contributed by atoms with van der Waals surface area (Å²) < 4.78 is 5.46. The molecule has 1 N–H and O–H groups in total. The average Bonchev–Trinajstić information content (AvgIpc) is 2.26. The Hall–Kier alpha value is -1.95. The first-order valence-corrected chi connectivity index (χ1v) is 5.01. The van der Waals surface area contributed by atoms with E-state index in [4.69, 9.17) is 9.84 Å². The van der Waals surface area contributed by atoms with Crippen LogP contribution in [0.15, 0.2) is 18.2 Å². The number of carboxylic acids is 1. The standard InChI is InChI=1S/C13H14O3/c1-3-4-5-8-16-12-9-11(13(14)15)7-6-10(12)2/h6-7,9H,5,8H2,1-2H3,(H,14,15). The van der Waals surface area contributed by atoms with Crippen LogP contribution in [0.2, 0.25) is 0 Å². The largest absolute Gasteiger partial charge is 0.492 e. The summed E-state index contributed by atoms with van der Waals surface area (Å²) in [4.78, 5) is 10.8. The molecule has 0 aromatic heterocycles. The van der Waals surface area contributed by atoms with Crippen LogP contribution < -0.4 is 4.74 Å². The minimum Gasteiger partial charge on any atom is -0.492 e. The van der Waals surface area contributed by atoms with Gasteiger partial charge in [0.25, 0.3) is 0 Å². The van der Waals surface area contributed by atoms with E-state index >= 15 is 0 Å². The number of aromatic carboxylic acids is 1. The summed E-state index contributed by atoms with van der Waals surface area (Å²) in [5.74, 6) is 5.32. The van der Waals surface area contributed by atoms with Gasteiger partial charge >= 0.3 is 5.97 Å². The summed E-state index contributed by atoms with van der Waals surface area (Å²) in [5, 5.41) is 8.83. The van der Waals surface area contributed by atoms with E-state index in [0.29, 0.717) is 18.8 Å². The number of ether oxygens (including phenoxy) is 1. The van der Waals surface area contributed by atoms with Gasteiger partial charge in [-0.1, -0.05) is 6.07 Å². The van der Waals surface area contributed by atoms with Crippen LogP contribution in [0.3, 0.4) is 0 Å². The van der Waals surface area contributed by atoms with E-state index in [1.165, 1.54) is 6.07 Å². The lowest BCUT2D eigenvalue weighted by Gasteiger charge is -2.08. The summed E-state index contributed by atoms with van der Waals surface area (Å²) in [6.07, 6.45) is 0.646. The minimum absolute atomic E-state index is 0.238. The molecule has 0 radical (unpaired) electrons. The van der Waals surface area contributed by atoms with Gasteiger partial charge < -0.3 is 9.84 Å². The Labute approximate surface area is 95.1 Å². The molecule has 0 amide bonds. The maximum Gasteiger partial charge on any atom is 0.335 e. The van der Waals surface area contributed by atoms with E-state index in [2.05, 4.69) is 11.8 Å². The van der Waals surface area contributed by atoms with Gasteiger partial charge in [0.05, 0.1) is 12.2 Å². The van der Waals surface area contributed by atoms with Gasteiger partial charge in [-0.2, -0.15) is 0 Å². The van der Waals surface area contributed by atoms with Crippen molar-refractivity contribution in [3.63, 3.8) is 0 Å². The van der Waals surface area contributed by atoms with E-state index < -0.39 is 5.97 Å². The molecule has 0 heterocycles. The molecule has 0 atom stereocenters.